The molecule has 1 fully saturated rings. The van der Waals surface area contributed by atoms with Gasteiger partial charge in [-0.2, -0.15) is 5.10 Å². The van der Waals surface area contributed by atoms with Crippen LogP contribution in [0.3, 0.4) is 0 Å². The Morgan fingerprint density at radius 3 is 2.71 bits per heavy atom. The van der Waals surface area contributed by atoms with Crippen molar-refractivity contribution in [3.8, 4) is 11.3 Å². The van der Waals surface area contributed by atoms with E-state index < -0.39 is 0 Å². The molecule has 0 amide bonds. The molecule has 0 atom stereocenters. The van der Waals surface area contributed by atoms with Gasteiger partial charge in [0.25, 0.3) is 0 Å². The summed E-state index contributed by atoms with van der Waals surface area (Å²) in [5.74, 6) is 0.699. The predicted molar refractivity (Wildman–Crippen MR) is 66.5 cm³/mol. The maximum Gasteiger partial charge on any atom is 0.0927 e. The van der Waals surface area contributed by atoms with Gasteiger partial charge in [-0.25, -0.2) is 0 Å². The number of rotatable bonds is 4. The van der Waals surface area contributed by atoms with Crippen LogP contribution in [0, 0.1) is 0 Å². The maximum absolute atomic E-state index is 5.63. The van der Waals surface area contributed by atoms with E-state index in [1.165, 1.54) is 18.5 Å². The lowest BCUT2D eigenvalue weighted by atomic mass is 10.2. The lowest BCUT2D eigenvalue weighted by Gasteiger charge is -2.03. The summed E-state index contributed by atoms with van der Waals surface area (Å²) in [5.41, 5.74) is 9.12. The Labute approximate surface area is 100 Å². The second-order valence-corrected chi connectivity index (χ2v) is 4.48. The first-order valence-electron chi connectivity index (χ1n) is 6.06. The van der Waals surface area contributed by atoms with E-state index in [1.807, 2.05) is 12.1 Å². The second kappa shape index (κ2) is 4.30. The first kappa shape index (κ1) is 10.5. The summed E-state index contributed by atoms with van der Waals surface area (Å²) in [5, 5.41) is 4.64. The standard InChI is InChI=1S/C13H16N4/c14-5-8-17-13(11-1-2-11)9-12(16-17)10-3-6-15-7-4-10/h3-4,6-7,9,11H,1-2,5,8,14H2. The van der Waals surface area contributed by atoms with Gasteiger partial charge < -0.3 is 5.73 Å². The van der Waals surface area contributed by atoms with Crippen LogP contribution < -0.4 is 5.73 Å². The molecule has 0 unspecified atom stereocenters. The van der Waals surface area contributed by atoms with E-state index in [2.05, 4.69) is 20.8 Å². The van der Waals surface area contributed by atoms with Crippen molar-refractivity contribution in [1.29, 1.82) is 0 Å². The van der Waals surface area contributed by atoms with E-state index in [4.69, 9.17) is 5.73 Å². The Hall–Kier alpha value is -1.68. The quantitative estimate of drug-likeness (QED) is 0.867. The van der Waals surface area contributed by atoms with Crippen molar-refractivity contribution in [2.75, 3.05) is 6.54 Å². The topological polar surface area (TPSA) is 56.7 Å². The molecule has 2 aromatic rings. The zero-order chi connectivity index (χ0) is 11.7. The fourth-order valence-corrected chi connectivity index (χ4v) is 2.10. The molecule has 2 aromatic heterocycles. The van der Waals surface area contributed by atoms with E-state index in [9.17, 15) is 0 Å². The Balaban J connectivity index is 1.98. The van der Waals surface area contributed by atoms with Crippen LogP contribution in [0.4, 0.5) is 0 Å². The lowest BCUT2D eigenvalue weighted by Crippen LogP contribution is -2.13. The number of nitrogens with two attached hydrogens (primary N) is 1. The zero-order valence-electron chi connectivity index (χ0n) is 9.71. The maximum atomic E-state index is 5.63. The van der Waals surface area contributed by atoms with Crippen LogP contribution in [0.15, 0.2) is 30.6 Å². The fourth-order valence-electron chi connectivity index (χ4n) is 2.10. The highest BCUT2D eigenvalue weighted by Gasteiger charge is 2.28. The summed E-state index contributed by atoms with van der Waals surface area (Å²) in [4.78, 5) is 4.03. The van der Waals surface area contributed by atoms with Crippen molar-refractivity contribution >= 4 is 0 Å². The molecule has 0 spiro atoms. The fraction of sp³-hybridized carbons (Fsp3) is 0.385. The van der Waals surface area contributed by atoms with Crippen molar-refractivity contribution in [2.45, 2.75) is 25.3 Å². The van der Waals surface area contributed by atoms with Crippen molar-refractivity contribution in [1.82, 2.24) is 14.8 Å². The normalized spacial score (nSPS) is 15.1. The van der Waals surface area contributed by atoms with Gasteiger partial charge in [0.1, 0.15) is 0 Å². The first-order valence-corrected chi connectivity index (χ1v) is 6.06. The number of aromatic nitrogens is 3. The summed E-state index contributed by atoms with van der Waals surface area (Å²) in [7, 11) is 0. The van der Waals surface area contributed by atoms with E-state index in [0.29, 0.717) is 12.5 Å². The largest absolute Gasteiger partial charge is 0.329 e. The van der Waals surface area contributed by atoms with Crippen LogP contribution in [0.25, 0.3) is 11.3 Å². The van der Waals surface area contributed by atoms with Crippen LogP contribution in [0.5, 0.6) is 0 Å². The number of hydrogen-bond acceptors (Lipinski definition) is 3. The third-order valence-electron chi connectivity index (χ3n) is 3.12. The molecule has 0 bridgehead atoms. The number of nitrogens with zero attached hydrogens (tertiary/aromatic N) is 3. The van der Waals surface area contributed by atoms with Gasteiger partial charge in [-0.05, 0) is 31.0 Å². The zero-order valence-corrected chi connectivity index (χ0v) is 9.71. The summed E-state index contributed by atoms with van der Waals surface area (Å²) >= 11 is 0. The van der Waals surface area contributed by atoms with E-state index >= 15 is 0 Å². The molecular weight excluding hydrogens is 212 g/mol. The van der Waals surface area contributed by atoms with Gasteiger partial charge in [-0.3, -0.25) is 9.67 Å². The van der Waals surface area contributed by atoms with Gasteiger partial charge in [0, 0.05) is 36.1 Å². The Kier molecular flexibility index (Phi) is 2.65. The molecule has 2 N–H and O–H groups in total. The van der Waals surface area contributed by atoms with Gasteiger partial charge >= 0.3 is 0 Å². The summed E-state index contributed by atoms with van der Waals surface area (Å²) in [6.45, 7) is 1.44. The molecule has 0 radical (unpaired) electrons. The average molecular weight is 228 g/mol. The summed E-state index contributed by atoms with van der Waals surface area (Å²) in [6.07, 6.45) is 6.17. The van der Waals surface area contributed by atoms with Gasteiger partial charge in [0.05, 0.1) is 12.2 Å². The van der Waals surface area contributed by atoms with Gasteiger partial charge in [-0.1, -0.05) is 0 Å². The van der Waals surface area contributed by atoms with Gasteiger partial charge in [-0.15, -0.1) is 0 Å². The molecule has 17 heavy (non-hydrogen) atoms. The molecule has 1 saturated carbocycles. The van der Waals surface area contributed by atoms with Gasteiger partial charge in [0.2, 0.25) is 0 Å². The minimum absolute atomic E-state index is 0.636. The monoisotopic (exact) mass is 228 g/mol. The van der Waals surface area contributed by atoms with Crippen LogP contribution in [0.1, 0.15) is 24.5 Å². The first-order chi connectivity index (χ1) is 8.38. The third-order valence-corrected chi connectivity index (χ3v) is 3.12. The van der Waals surface area contributed by atoms with E-state index in [0.717, 1.165) is 17.8 Å². The molecule has 0 aromatic carbocycles. The molecule has 0 saturated heterocycles. The highest BCUT2D eigenvalue weighted by molar-refractivity contribution is 5.58. The van der Waals surface area contributed by atoms with Crippen LogP contribution in [0.2, 0.25) is 0 Å². The minimum atomic E-state index is 0.636. The molecule has 2 heterocycles. The van der Waals surface area contributed by atoms with Crippen molar-refractivity contribution < 1.29 is 0 Å². The van der Waals surface area contributed by atoms with E-state index in [-0.39, 0.29) is 0 Å². The molecule has 3 rings (SSSR count). The SMILES string of the molecule is NCCn1nc(-c2ccncc2)cc1C1CC1. The molecular formula is C13H16N4. The van der Waals surface area contributed by atoms with Crippen LogP contribution >= 0.6 is 0 Å². The highest BCUT2D eigenvalue weighted by atomic mass is 15.3. The highest BCUT2D eigenvalue weighted by Crippen LogP contribution is 2.41. The smallest absolute Gasteiger partial charge is 0.0927 e. The second-order valence-electron chi connectivity index (χ2n) is 4.48. The minimum Gasteiger partial charge on any atom is -0.329 e. The molecule has 88 valence electrons. The third kappa shape index (κ3) is 2.08. The molecule has 1 aliphatic carbocycles. The predicted octanol–water partition coefficient (Wildman–Crippen LogP) is 1.78. The molecule has 0 aliphatic heterocycles. The average Bonchev–Trinajstić information content (AvgIpc) is 3.13. The van der Waals surface area contributed by atoms with Crippen molar-refractivity contribution in [2.24, 2.45) is 5.73 Å². The van der Waals surface area contributed by atoms with Crippen molar-refractivity contribution in [3.05, 3.63) is 36.3 Å². The van der Waals surface area contributed by atoms with Crippen LogP contribution in [-0.2, 0) is 6.54 Å². The Morgan fingerprint density at radius 2 is 2.06 bits per heavy atom. The molecule has 4 nitrogen and oxygen atoms in total. The number of pyridine rings is 1. The van der Waals surface area contributed by atoms with E-state index in [1.54, 1.807) is 12.4 Å². The Bertz CT molecular complexity index is 499. The van der Waals surface area contributed by atoms with Crippen molar-refractivity contribution in [3.63, 3.8) is 0 Å². The lowest BCUT2D eigenvalue weighted by molar-refractivity contribution is 0.596. The molecule has 1 aliphatic rings. The molecule has 4 heteroatoms. The number of hydrogen-bond donors (Lipinski definition) is 1. The Morgan fingerprint density at radius 1 is 1.29 bits per heavy atom. The summed E-state index contributed by atoms with van der Waals surface area (Å²) < 4.78 is 2.06. The van der Waals surface area contributed by atoms with Crippen LogP contribution in [-0.4, -0.2) is 21.3 Å². The van der Waals surface area contributed by atoms with Gasteiger partial charge in [0.15, 0.2) is 0 Å². The summed E-state index contributed by atoms with van der Waals surface area (Å²) in [6, 6.07) is 6.18.